The van der Waals surface area contributed by atoms with Crippen molar-refractivity contribution in [2.75, 3.05) is 6.61 Å². The van der Waals surface area contributed by atoms with E-state index in [2.05, 4.69) is 9.97 Å². The number of aryl methyl sites for hydroxylation is 1. The molecule has 1 heterocycles. The molecule has 0 saturated carbocycles. The molecule has 0 aliphatic heterocycles. The Hall–Kier alpha value is -1.12. The van der Waals surface area contributed by atoms with Crippen molar-refractivity contribution in [3.05, 3.63) is 18.2 Å². The second-order valence-electron chi connectivity index (χ2n) is 1.90. The van der Waals surface area contributed by atoms with Crippen molar-refractivity contribution >= 4 is 0 Å². The van der Waals surface area contributed by atoms with Gasteiger partial charge in [-0.15, -0.1) is 0 Å². The molecule has 54 valence electrons. The van der Waals surface area contributed by atoms with Gasteiger partial charge in [0.1, 0.15) is 5.82 Å². The molecule has 0 spiro atoms. The lowest BCUT2D eigenvalue weighted by Crippen LogP contribution is -1.94. The second kappa shape index (κ2) is 3.15. The van der Waals surface area contributed by atoms with Gasteiger partial charge >= 0.3 is 0 Å². The zero-order valence-corrected chi connectivity index (χ0v) is 6.16. The Bertz CT molecular complexity index is 195. The van der Waals surface area contributed by atoms with Gasteiger partial charge in [-0.05, 0) is 13.8 Å². The minimum Gasteiger partial charge on any atom is -0.491 e. The van der Waals surface area contributed by atoms with Crippen LogP contribution in [0.1, 0.15) is 12.7 Å². The Morgan fingerprint density at radius 2 is 2.00 bits per heavy atom. The van der Waals surface area contributed by atoms with Crippen LogP contribution in [0.3, 0.4) is 0 Å². The van der Waals surface area contributed by atoms with Crippen molar-refractivity contribution < 1.29 is 4.74 Å². The van der Waals surface area contributed by atoms with Crippen LogP contribution in [0.5, 0.6) is 5.75 Å². The maximum Gasteiger partial charge on any atom is 0.155 e. The SMILES string of the molecule is CCOc1cnc(C)nc1. The summed E-state index contributed by atoms with van der Waals surface area (Å²) >= 11 is 0. The van der Waals surface area contributed by atoms with Crippen LogP contribution in [0, 0.1) is 6.92 Å². The van der Waals surface area contributed by atoms with Gasteiger partial charge in [-0.25, -0.2) is 9.97 Å². The van der Waals surface area contributed by atoms with Crippen molar-refractivity contribution in [2.24, 2.45) is 0 Å². The van der Waals surface area contributed by atoms with Gasteiger partial charge in [0.25, 0.3) is 0 Å². The lowest BCUT2D eigenvalue weighted by Gasteiger charge is -1.99. The molecule has 1 aromatic rings. The van der Waals surface area contributed by atoms with E-state index < -0.39 is 0 Å². The summed E-state index contributed by atoms with van der Waals surface area (Å²) < 4.78 is 5.14. The number of ether oxygens (including phenoxy) is 1. The average molecular weight is 138 g/mol. The summed E-state index contributed by atoms with van der Waals surface area (Å²) in [4.78, 5) is 7.92. The van der Waals surface area contributed by atoms with Gasteiger partial charge < -0.3 is 4.74 Å². The summed E-state index contributed by atoms with van der Waals surface area (Å²) in [5.74, 6) is 1.50. The summed E-state index contributed by atoms with van der Waals surface area (Å²) in [7, 11) is 0. The van der Waals surface area contributed by atoms with E-state index in [4.69, 9.17) is 4.74 Å². The van der Waals surface area contributed by atoms with Crippen molar-refractivity contribution in [1.82, 2.24) is 9.97 Å². The molecular formula is C7H10N2O. The van der Waals surface area contributed by atoms with Crippen LogP contribution in [0.4, 0.5) is 0 Å². The highest BCUT2D eigenvalue weighted by Crippen LogP contribution is 2.04. The first kappa shape index (κ1) is 6.99. The van der Waals surface area contributed by atoms with E-state index in [0.717, 1.165) is 11.6 Å². The highest BCUT2D eigenvalue weighted by Gasteiger charge is 1.90. The summed E-state index contributed by atoms with van der Waals surface area (Å²) in [5, 5.41) is 0. The molecule has 3 nitrogen and oxygen atoms in total. The minimum atomic E-state index is 0.659. The minimum absolute atomic E-state index is 0.659. The Morgan fingerprint density at radius 3 is 2.50 bits per heavy atom. The summed E-state index contributed by atoms with van der Waals surface area (Å²) in [5.41, 5.74) is 0. The molecular weight excluding hydrogens is 128 g/mol. The van der Waals surface area contributed by atoms with Crippen LogP contribution in [-0.2, 0) is 0 Å². The average Bonchev–Trinajstić information content (AvgIpc) is 1.95. The summed E-state index contributed by atoms with van der Waals surface area (Å²) in [6.07, 6.45) is 3.34. The van der Waals surface area contributed by atoms with E-state index in [1.807, 2.05) is 13.8 Å². The van der Waals surface area contributed by atoms with E-state index in [1.165, 1.54) is 0 Å². The van der Waals surface area contributed by atoms with E-state index in [1.54, 1.807) is 12.4 Å². The Kier molecular flexibility index (Phi) is 2.20. The monoisotopic (exact) mass is 138 g/mol. The van der Waals surface area contributed by atoms with Crippen molar-refractivity contribution in [3.8, 4) is 5.75 Å². The van der Waals surface area contributed by atoms with Crippen LogP contribution in [0.15, 0.2) is 12.4 Å². The summed E-state index contributed by atoms with van der Waals surface area (Å²) in [6.45, 7) is 4.43. The molecule has 0 bridgehead atoms. The van der Waals surface area contributed by atoms with Crippen LogP contribution in [-0.4, -0.2) is 16.6 Å². The molecule has 0 N–H and O–H groups in total. The molecule has 10 heavy (non-hydrogen) atoms. The van der Waals surface area contributed by atoms with Crippen LogP contribution in [0.2, 0.25) is 0 Å². The largest absolute Gasteiger partial charge is 0.491 e. The Balaban J connectivity index is 2.69. The van der Waals surface area contributed by atoms with Gasteiger partial charge in [-0.3, -0.25) is 0 Å². The van der Waals surface area contributed by atoms with Gasteiger partial charge in [0.05, 0.1) is 19.0 Å². The molecule has 0 saturated heterocycles. The molecule has 0 aromatic carbocycles. The molecule has 0 unspecified atom stereocenters. The first-order valence-electron chi connectivity index (χ1n) is 3.24. The normalized spacial score (nSPS) is 9.40. The van der Waals surface area contributed by atoms with Gasteiger partial charge in [-0.2, -0.15) is 0 Å². The second-order valence-corrected chi connectivity index (χ2v) is 1.90. The third-order valence-corrected chi connectivity index (χ3v) is 1.07. The van der Waals surface area contributed by atoms with Crippen molar-refractivity contribution in [1.29, 1.82) is 0 Å². The van der Waals surface area contributed by atoms with Crippen LogP contribution < -0.4 is 4.74 Å². The lowest BCUT2D eigenvalue weighted by molar-refractivity contribution is 0.337. The first-order chi connectivity index (χ1) is 4.83. The van der Waals surface area contributed by atoms with E-state index in [0.29, 0.717) is 6.61 Å². The Morgan fingerprint density at radius 1 is 1.40 bits per heavy atom. The van der Waals surface area contributed by atoms with E-state index in [-0.39, 0.29) is 0 Å². The van der Waals surface area contributed by atoms with Crippen molar-refractivity contribution in [2.45, 2.75) is 13.8 Å². The predicted octanol–water partition coefficient (Wildman–Crippen LogP) is 1.18. The number of aromatic nitrogens is 2. The van der Waals surface area contributed by atoms with Crippen LogP contribution >= 0.6 is 0 Å². The fraction of sp³-hybridized carbons (Fsp3) is 0.429. The molecule has 0 fully saturated rings. The standard InChI is InChI=1S/C7H10N2O/c1-3-10-7-4-8-6(2)9-5-7/h4-5H,3H2,1-2H3. The molecule has 1 aromatic heterocycles. The zero-order chi connectivity index (χ0) is 7.40. The first-order valence-corrected chi connectivity index (χ1v) is 3.24. The fourth-order valence-electron chi connectivity index (χ4n) is 0.622. The molecule has 1 rings (SSSR count). The van der Waals surface area contributed by atoms with Gasteiger partial charge in [0, 0.05) is 0 Å². The zero-order valence-electron chi connectivity index (χ0n) is 6.16. The predicted molar refractivity (Wildman–Crippen MR) is 37.9 cm³/mol. The number of hydrogen-bond acceptors (Lipinski definition) is 3. The highest BCUT2D eigenvalue weighted by molar-refractivity contribution is 5.11. The molecule has 0 atom stereocenters. The topological polar surface area (TPSA) is 35.0 Å². The maximum atomic E-state index is 5.14. The molecule has 0 radical (unpaired) electrons. The third kappa shape index (κ3) is 1.69. The van der Waals surface area contributed by atoms with Gasteiger partial charge in [-0.1, -0.05) is 0 Å². The van der Waals surface area contributed by atoms with Crippen molar-refractivity contribution in [3.63, 3.8) is 0 Å². The molecule has 0 amide bonds. The lowest BCUT2D eigenvalue weighted by atomic mass is 10.5. The molecule has 0 aliphatic carbocycles. The van der Waals surface area contributed by atoms with Gasteiger partial charge in [0.2, 0.25) is 0 Å². The van der Waals surface area contributed by atoms with E-state index >= 15 is 0 Å². The summed E-state index contributed by atoms with van der Waals surface area (Å²) in [6, 6.07) is 0. The van der Waals surface area contributed by atoms with Crippen LogP contribution in [0.25, 0.3) is 0 Å². The molecule has 3 heteroatoms. The maximum absolute atomic E-state index is 5.14. The smallest absolute Gasteiger partial charge is 0.155 e. The van der Waals surface area contributed by atoms with Gasteiger partial charge in [0.15, 0.2) is 5.75 Å². The molecule has 0 aliphatic rings. The highest BCUT2D eigenvalue weighted by atomic mass is 16.5. The Labute approximate surface area is 60.1 Å². The van der Waals surface area contributed by atoms with E-state index in [9.17, 15) is 0 Å². The number of hydrogen-bond donors (Lipinski definition) is 0. The quantitative estimate of drug-likeness (QED) is 0.615. The fourth-order valence-corrected chi connectivity index (χ4v) is 0.622. The number of rotatable bonds is 2. The third-order valence-electron chi connectivity index (χ3n) is 1.07. The number of nitrogens with zero attached hydrogens (tertiary/aromatic N) is 2.